The molecule has 0 spiro atoms. The van der Waals surface area contributed by atoms with Gasteiger partial charge in [-0.3, -0.25) is 9.59 Å². The molecule has 0 atom stereocenters. The fourth-order valence-corrected chi connectivity index (χ4v) is 3.17. The highest BCUT2D eigenvalue weighted by molar-refractivity contribution is 5.94. The van der Waals surface area contributed by atoms with E-state index < -0.39 is 0 Å². The van der Waals surface area contributed by atoms with E-state index in [4.69, 9.17) is 4.74 Å². The zero-order valence-corrected chi connectivity index (χ0v) is 16.3. The molecule has 148 valence electrons. The van der Waals surface area contributed by atoms with Gasteiger partial charge < -0.3 is 19.9 Å². The molecule has 2 aromatic rings. The second-order valence-corrected chi connectivity index (χ2v) is 6.93. The lowest BCUT2D eigenvalue weighted by Crippen LogP contribution is -2.36. The minimum atomic E-state index is -0.199. The topological polar surface area (TPSA) is 61.9 Å². The lowest BCUT2D eigenvalue weighted by atomic mass is 10.1. The SMILES string of the molecule is CN(CC(=O)Nc1ccc(N2CCOCC2)cc1)C(=O)CCc1ccccc1. The summed E-state index contributed by atoms with van der Waals surface area (Å²) in [5.74, 6) is -0.239. The molecule has 0 saturated carbocycles. The van der Waals surface area contributed by atoms with E-state index in [1.54, 1.807) is 7.05 Å². The second-order valence-electron chi connectivity index (χ2n) is 6.93. The van der Waals surface area contributed by atoms with Gasteiger partial charge in [-0.25, -0.2) is 0 Å². The first-order valence-electron chi connectivity index (χ1n) is 9.62. The summed E-state index contributed by atoms with van der Waals surface area (Å²) in [6, 6.07) is 17.6. The number of nitrogens with zero attached hydrogens (tertiary/aromatic N) is 2. The summed E-state index contributed by atoms with van der Waals surface area (Å²) in [7, 11) is 1.66. The zero-order chi connectivity index (χ0) is 19.8. The number of ether oxygens (including phenoxy) is 1. The Morgan fingerprint density at radius 2 is 1.71 bits per heavy atom. The van der Waals surface area contributed by atoms with E-state index in [9.17, 15) is 9.59 Å². The fraction of sp³-hybridized carbons (Fsp3) is 0.364. The summed E-state index contributed by atoms with van der Waals surface area (Å²) in [4.78, 5) is 28.2. The Bertz CT molecular complexity index is 771. The van der Waals surface area contributed by atoms with E-state index >= 15 is 0 Å². The molecule has 1 aliphatic rings. The molecule has 0 bridgehead atoms. The molecular formula is C22H27N3O3. The number of amides is 2. The standard InChI is InChI=1S/C22H27N3O3/c1-24(22(27)12-7-18-5-3-2-4-6-18)17-21(26)23-19-8-10-20(11-9-19)25-13-15-28-16-14-25/h2-6,8-11H,7,12-17H2,1H3,(H,23,26). The second kappa shape index (κ2) is 9.90. The number of nitrogens with one attached hydrogen (secondary N) is 1. The number of carbonyl (C=O) groups excluding carboxylic acids is 2. The number of likely N-dealkylation sites (N-methyl/N-ethyl adjacent to an activating group) is 1. The first-order chi connectivity index (χ1) is 13.6. The van der Waals surface area contributed by atoms with Crippen molar-refractivity contribution in [3.05, 3.63) is 60.2 Å². The molecule has 0 unspecified atom stereocenters. The van der Waals surface area contributed by atoms with Gasteiger partial charge in [0.1, 0.15) is 0 Å². The number of hydrogen-bond acceptors (Lipinski definition) is 4. The molecule has 2 aromatic carbocycles. The predicted octanol–water partition coefficient (Wildman–Crippen LogP) is 2.55. The number of aryl methyl sites for hydroxylation is 1. The minimum absolute atomic E-state index is 0.0401. The van der Waals surface area contributed by atoms with Gasteiger partial charge in [0.2, 0.25) is 11.8 Å². The Balaban J connectivity index is 1.44. The van der Waals surface area contributed by atoms with Crippen LogP contribution in [0.5, 0.6) is 0 Å². The lowest BCUT2D eigenvalue weighted by Gasteiger charge is -2.28. The van der Waals surface area contributed by atoms with E-state index in [0.29, 0.717) is 12.8 Å². The summed E-state index contributed by atoms with van der Waals surface area (Å²) >= 11 is 0. The van der Waals surface area contributed by atoms with Crippen LogP contribution in [-0.4, -0.2) is 56.6 Å². The first kappa shape index (κ1) is 19.9. The van der Waals surface area contributed by atoms with Crippen molar-refractivity contribution in [1.29, 1.82) is 0 Å². The molecule has 1 heterocycles. The lowest BCUT2D eigenvalue weighted by molar-refractivity contribution is -0.133. The van der Waals surface area contributed by atoms with Gasteiger partial charge in [-0.1, -0.05) is 30.3 Å². The highest BCUT2D eigenvalue weighted by Crippen LogP contribution is 2.19. The van der Waals surface area contributed by atoms with Crippen LogP contribution in [-0.2, 0) is 20.7 Å². The van der Waals surface area contributed by atoms with E-state index in [0.717, 1.165) is 43.2 Å². The van der Waals surface area contributed by atoms with Gasteiger partial charge in [-0.05, 0) is 36.2 Å². The maximum absolute atomic E-state index is 12.3. The maximum Gasteiger partial charge on any atom is 0.243 e. The van der Waals surface area contributed by atoms with E-state index in [-0.39, 0.29) is 18.4 Å². The van der Waals surface area contributed by atoms with Gasteiger partial charge in [-0.15, -0.1) is 0 Å². The van der Waals surface area contributed by atoms with Crippen LogP contribution in [0.4, 0.5) is 11.4 Å². The monoisotopic (exact) mass is 381 g/mol. The Labute approximate surface area is 166 Å². The van der Waals surface area contributed by atoms with Gasteiger partial charge in [0.25, 0.3) is 0 Å². The van der Waals surface area contributed by atoms with Crippen LogP contribution < -0.4 is 10.2 Å². The highest BCUT2D eigenvalue weighted by Gasteiger charge is 2.14. The van der Waals surface area contributed by atoms with Crippen molar-refractivity contribution >= 4 is 23.2 Å². The third kappa shape index (κ3) is 5.82. The van der Waals surface area contributed by atoms with E-state index in [1.807, 2.05) is 54.6 Å². The summed E-state index contributed by atoms with van der Waals surface area (Å²) in [6.45, 7) is 3.27. The smallest absolute Gasteiger partial charge is 0.243 e. The number of benzene rings is 2. The Morgan fingerprint density at radius 1 is 1.04 bits per heavy atom. The van der Waals surface area contributed by atoms with Crippen molar-refractivity contribution in [2.45, 2.75) is 12.8 Å². The number of hydrogen-bond donors (Lipinski definition) is 1. The van der Waals surface area contributed by atoms with Crippen molar-refractivity contribution in [2.24, 2.45) is 0 Å². The molecule has 6 heteroatoms. The maximum atomic E-state index is 12.3. The molecule has 6 nitrogen and oxygen atoms in total. The largest absolute Gasteiger partial charge is 0.378 e. The molecular weight excluding hydrogens is 354 g/mol. The van der Waals surface area contributed by atoms with Gasteiger partial charge in [0, 0.05) is 37.9 Å². The summed E-state index contributed by atoms with van der Waals surface area (Å²) in [6.07, 6.45) is 1.07. The molecule has 0 radical (unpaired) electrons. The molecule has 28 heavy (non-hydrogen) atoms. The molecule has 0 aromatic heterocycles. The molecule has 1 fully saturated rings. The Morgan fingerprint density at radius 3 is 2.39 bits per heavy atom. The summed E-state index contributed by atoms with van der Waals surface area (Å²) < 4.78 is 5.37. The molecule has 0 aliphatic carbocycles. The van der Waals surface area contributed by atoms with Crippen molar-refractivity contribution in [2.75, 3.05) is 50.1 Å². The minimum Gasteiger partial charge on any atom is -0.378 e. The van der Waals surface area contributed by atoms with Crippen molar-refractivity contribution in [3.63, 3.8) is 0 Å². The molecule has 1 N–H and O–H groups in total. The van der Waals surface area contributed by atoms with Crippen LogP contribution in [0.25, 0.3) is 0 Å². The third-order valence-electron chi connectivity index (χ3n) is 4.80. The van der Waals surface area contributed by atoms with Crippen LogP contribution in [0.15, 0.2) is 54.6 Å². The highest BCUT2D eigenvalue weighted by atomic mass is 16.5. The van der Waals surface area contributed by atoms with Gasteiger partial charge in [0.15, 0.2) is 0 Å². The average Bonchev–Trinajstić information content (AvgIpc) is 2.74. The number of rotatable bonds is 7. The van der Waals surface area contributed by atoms with Gasteiger partial charge in [-0.2, -0.15) is 0 Å². The normalized spacial score (nSPS) is 13.8. The van der Waals surface area contributed by atoms with Gasteiger partial charge in [0.05, 0.1) is 19.8 Å². The number of morpholine rings is 1. The van der Waals surface area contributed by atoms with Crippen LogP contribution in [0.3, 0.4) is 0 Å². The molecule has 1 saturated heterocycles. The van der Waals surface area contributed by atoms with Crippen molar-refractivity contribution in [3.8, 4) is 0 Å². The van der Waals surface area contributed by atoms with Crippen LogP contribution in [0, 0.1) is 0 Å². The third-order valence-corrected chi connectivity index (χ3v) is 4.80. The Hall–Kier alpha value is -2.86. The van der Waals surface area contributed by atoms with Crippen molar-refractivity contribution < 1.29 is 14.3 Å². The van der Waals surface area contributed by atoms with Crippen LogP contribution in [0.2, 0.25) is 0 Å². The van der Waals surface area contributed by atoms with Crippen molar-refractivity contribution in [1.82, 2.24) is 4.90 Å². The van der Waals surface area contributed by atoms with E-state index in [1.165, 1.54) is 4.90 Å². The number of anilines is 2. The quantitative estimate of drug-likeness (QED) is 0.801. The Kier molecular flexibility index (Phi) is 7.03. The molecule has 2 amide bonds. The summed E-state index contributed by atoms with van der Waals surface area (Å²) in [5.41, 5.74) is 2.97. The zero-order valence-electron chi connectivity index (χ0n) is 16.3. The van der Waals surface area contributed by atoms with Gasteiger partial charge >= 0.3 is 0 Å². The van der Waals surface area contributed by atoms with E-state index in [2.05, 4.69) is 10.2 Å². The average molecular weight is 381 g/mol. The molecule has 3 rings (SSSR count). The molecule has 1 aliphatic heterocycles. The number of carbonyl (C=O) groups is 2. The predicted molar refractivity (Wildman–Crippen MR) is 111 cm³/mol. The van der Waals surface area contributed by atoms with Crippen LogP contribution >= 0.6 is 0 Å². The fourth-order valence-electron chi connectivity index (χ4n) is 3.17. The first-order valence-corrected chi connectivity index (χ1v) is 9.62. The summed E-state index contributed by atoms with van der Waals surface area (Å²) in [5, 5.41) is 2.86. The van der Waals surface area contributed by atoms with Crippen LogP contribution in [0.1, 0.15) is 12.0 Å².